The third-order valence-electron chi connectivity index (χ3n) is 3.55. The van der Waals surface area contributed by atoms with Gasteiger partial charge in [0.05, 0.1) is 11.3 Å². The molecule has 24 heavy (non-hydrogen) atoms. The highest BCUT2D eigenvalue weighted by atomic mass is 32.2. The molecule has 0 radical (unpaired) electrons. The average molecular weight is 350 g/mol. The van der Waals surface area contributed by atoms with Gasteiger partial charge in [0.1, 0.15) is 5.52 Å². The van der Waals surface area contributed by atoms with Crippen molar-refractivity contribution in [3.63, 3.8) is 0 Å². The SMILES string of the molecule is Cc1cc2nc(SCC(=O)NC(C)C)n(CCC(C)C)c(=O)c2[nH]1. The summed E-state index contributed by atoms with van der Waals surface area (Å²) in [6.07, 6.45) is 0.887. The maximum Gasteiger partial charge on any atom is 0.278 e. The molecule has 0 fully saturated rings. The summed E-state index contributed by atoms with van der Waals surface area (Å²) >= 11 is 1.31. The van der Waals surface area contributed by atoms with Crippen LogP contribution in [0.15, 0.2) is 16.0 Å². The molecule has 0 aliphatic carbocycles. The molecule has 6 nitrogen and oxygen atoms in total. The Hall–Kier alpha value is -1.76. The van der Waals surface area contributed by atoms with Crippen LogP contribution < -0.4 is 10.9 Å². The second-order valence-electron chi connectivity index (χ2n) is 6.76. The molecule has 7 heteroatoms. The number of amides is 1. The molecule has 2 heterocycles. The van der Waals surface area contributed by atoms with E-state index in [2.05, 4.69) is 29.1 Å². The van der Waals surface area contributed by atoms with E-state index >= 15 is 0 Å². The van der Waals surface area contributed by atoms with E-state index in [1.54, 1.807) is 4.57 Å². The Morgan fingerprint density at radius 3 is 2.71 bits per heavy atom. The van der Waals surface area contributed by atoms with Gasteiger partial charge in [-0.1, -0.05) is 25.6 Å². The molecular weight excluding hydrogens is 324 g/mol. The van der Waals surface area contributed by atoms with Crippen LogP contribution >= 0.6 is 11.8 Å². The third kappa shape index (κ3) is 4.63. The van der Waals surface area contributed by atoms with Crippen molar-refractivity contribution in [2.75, 3.05) is 5.75 Å². The highest BCUT2D eigenvalue weighted by Crippen LogP contribution is 2.19. The predicted molar refractivity (Wildman–Crippen MR) is 98.5 cm³/mol. The van der Waals surface area contributed by atoms with Crippen molar-refractivity contribution in [3.05, 3.63) is 22.1 Å². The fourth-order valence-corrected chi connectivity index (χ4v) is 3.24. The van der Waals surface area contributed by atoms with Gasteiger partial charge in [-0.25, -0.2) is 4.98 Å². The summed E-state index contributed by atoms with van der Waals surface area (Å²) in [6.45, 7) is 10.6. The van der Waals surface area contributed by atoms with Gasteiger partial charge in [0.25, 0.3) is 5.56 Å². The smallest absolute Gasteiger partial charge is 0.278 e. The van der Waals surface area contributed by atoms with Crippen molar-refractivity contribution in [1.82, 2.24) is 19.9 Å². The van der Waals surface area contributed by atoms with Gasteiger partial charge in [0, 0.05) is 18.3 Å². The topological polar surface area (TPSA) is 79.8 Å². The lowest BCUT2D eigenvalue weighted by molar-refractivity contribution is -0.119. The first-order valence-electron chi connectivity index (χ1n) is 8.30. The van der Waals surface area contributed by atoms with Gasteiger partial charge in [-0.15, -0.1) is 0 Å². The molecule has 0 bridgehead atoms. The lowest BCUT2D eigenvalue weighted by Gasteiger charge is -2.13. The van der Waals surface area contributed by atoms with E-state index in [4.69, 9.17) is 0 Å². The molecule has 0 saturated heterocycles. The summed E-state index contributed by atoms with van der Waals surface area (Å²) in [4.78, 5) is 32.4. The molecule has 132 valence electrons. The fourth-order valence-electron chi connectivity index (χ4n) is 2.40. The number of fused-ring (bicyclic) bond motifs is 1. The Balaban J connectivity index is 2.32. The zero-order valence-corrected chi connectivity index (χ0v) is 15.8. The van der Waals surface area contributed by atoms with Crippen molar-refractivity contribution < 1.29 is 4.79 Å². The molecule has 0 unspecified atom stereocenters. The zero-order valence-electron chi connectivity index (χ0n) is 15.0. The van der Waals surface area contributed by atoms with Crippen LogP contribution in [0.3, 0.4) is 0 Å². The zero-order chi connectivity index (χ0) is 17.9. The van der Waals surface area contributed by atoms with Crippen molar-refractivity contribution in [2.24, 2.45) is 5.92 Å². The van der Waals surface area contributed by atoms with Gasteiger partial charge in [0.15, 0.2) is 5.16 Å². The molecule has 1 amide bonds. The maximum absolute atomic E-state index is 12.8. The summed E-state index contributed by atoms with van der Waals surface area (Å²) in [5, 5.41) is 3.46. The van der Waals surface area contributed by atoms with Crippen molar-refractivity contribution in [2.45, 2.75) is 58.8 Å². The molecule has 0 aromatic carbocycles. The number of carbonyl (C=O) groups excluding carboxylic acids is 1. The minimum absolute atomic E-state index is 0.0509. The number of carbonyl (C=O) groups is 1. The van der Waals surface area contributed by atoms with E-state index in [-0.39, 0.29) is 23.3 Å². The van der Waals surface area contributed by atoms with Crippen LogP contribution in [0.2, 0.25) is 0 Å². The Labute approximate surface area is 146 Å². The molecule has 2 rings (SSSR count). The van der Waals surface area contributed by atoms with Gasteiger partial charge in [-0.3, -0.25) is 14.2 Å². The number of hydrogen-bond donors (Lipinski definition) is 2. The van der Waals surface area contributed by atoms with Crippen LogP contribution in [0.25, 0.3) is 11.0 Å². The molecule has 0 atom stereocenters. The van der Waals surface area contributed by atoms with Crippen LogP contribution in [0, 0.1) is 12.8 Å². The molecule has 2 aromatic rings. The largest absolute Gasteiger partial charge is 0.353 e. The molecule has 2 N–H and O–H groups in total. The first-order valence-corrected chi connectivity index (χ1v) is 9.28. The van der Waals surface area contributed by atoms with E-state index < -0.39 is 0 Å². The lowest BCUT2D eigenvalue weighted by atomic mass is 10.1. The van der Waals surface area contributed by atoms with Crippen molar-refractivity contribution >= 4 is 28.7 Å². The van der Waals surface area contributed by atoms with Gasteiger partial charge in [0.2, 0.25) is 5.91 Å². The standard InChI is InChI=1S/C17H26N4O2S/c1-10(2)6-7-21-16(23)15-13(8-12(5)19-15)20-17(21)24-9-14(22)18-11(3)4/h8,10-11,19H,6-7,9H2,1-5H3,(H,18,22). The van der Waals surface area contributed by atoms with Crippen LogP contribution in [0.5, 0.6) is 0 Å². The summed E-state index contributed by atoms with van der Waals surface area (Å²) in [6, 6.07) is 1.96. The van der Waals surface area contributed by atoms with Crippen LogP contribution in [-0.4, -0.2) is 32.2 Å². The van der Waals surface area contributed by atoms with E-state index in [1.165, 1.54) is 11.8 Å². The second kappa shape index (κ2) is 7.88. The number of nitrogens with zero attached hydrogens (tertiary/aromatic N) is 2. The monoisotopic (exact) mass is 350 g/mol. The number of hydrogen-bond acceptors (Lipinski definition) is 4. The van der Waals surface area contributed by atoms with Crippen LogP contribution in [0.4, 0.5) is 0 Å². The van der Waals surface area contributed by atoms with E-state index in [0.29, 0.717) is 28.7 Å². The molecule has 0 saturated carbocycles. The second-order valence-corrected chi connectivity index (χ2v) is 7.70. The molecule has 2 aromatic heterocycles. The summed E-state index contributed by atoms with van der Waals surface area (Å²) < 4.78 is 1.69. The number of nitrogens with one attached hydrogen (secondary N) is 2. The number of thioether (sulfide) groups is 1. The van der Waals surface area contributed by atoms with Gasteiger partial charge in [-0.2, -0.15) is 0 Å². The summed E-state index contributed by atoms with van der Waals surface area (Å²) in [5.74, 6) is 0.686. The van der Waals surface area contributed by atoms with Gasteiger partial charge < -0.3 is 10.3 Å². The van der Waals surface area contributed by atoms with E-state index in [1.807, 2.05) is 26.8 Å². The predicted octanol–water partition coefficient (Wildman–Crippen LogP) is 2.70. The van der Waals surface area contributed by atoms with E-state index in [0.717, 1.165) is 12.1 Å². The first kappa shape index (κ1) is 18.6. The normalized spacial score (nSPS) is 11.6. The Morgan fingerprint density at radius 1 is 1.38 bits per heavy atom. The Morgan fingerprint density at radius 2 is 2.08 bits per heavy atom. The number of aryl methyl sites for hydroxylation is 1. The number of rotatable bonds is 7. The Bertz CT molecular complexity index is 777. The minimum atomic E-state index is -0.0690. The molecule has 0 aliphatic rings. The quantitative estimate of drug-likeness (QED) is 0.594. The van der Waals surface area contributed by atoms with Crippen LogP contribution in [-0.2, 0) is 11.3 Å². The molecular formula is C17H26N4O2S. The van der Waals surface area contributed by atoms with Crippen LogP contribution in [0.1, 0.15) is 39.8 Å². The first-order chi connectivity index (χ1) is 11.3. The Kier molecular flexibility index (Phi) is 6.10. The molecule has 0 aliphatic heterocycles. The third-order valence-corrected chi connectivity index (χ3v) is 4.53. The summed E-state index contributed by atoms with van der Waals surface area (Å²) in [7, 11) is 0. The van der Waals surface area contributed by atoms with Crippen molar-refractivity contribution in [1.29, 1.82) is 0 Å². The number of H-pyrrole nitrogens is 1. The highest BCUT2D eigenvalue weighted by Gasteiger charge is 2.15. The van der Waals surface area contributed by atoms with Crippen molar-refractivity contribution in [3.8, 4) is 0 Å². The highest BCUT2D eigenvalue weighted by molar-refractivity contribution is 7.99. The average Bonchev–Trinajstić information content (AvgIpc) is 2.84. The van der Waals surface area contributed by atoms with E-state index in [9.17, 15) is 9.59 Å². The lowest BCUT2D eigenvalue weighted by Crippen LogP contribution is -2.32. The summed E-state index contributed by atoms with van der Waals surface area (Å²) in [5.41, 5.74) is 2.03. The van der Waals surface area contributed by atoms with Gasteiger partial charge in [-0.05, 0) is 39.2 Å². The fraction of sp³-hybridized carbons (Fsp3) is 0.588. The van der Waals surface area contributed by atoms with Gasteiger partial charge >= 0.3 is 0 Å². The maximum atomic E-state index is 12.8. The minimum Gasteiger partial charge on any atom is -0.353 e. The molecule has 0 spiro atoms. The number of aromatic nitrogens is 3. The number of aromatic amines is 1.